The lowest BCUT2D eigenvalue weighted by Crippen LogP contribution is -2.30. The predicted molar refractivity (Wildman–Crippen MR) is 98.7 cm³/mol. The van der Waals surface area contributed by atoms with E-state index in [1.807, 2.05) is 6.92 Å². The zero-order chi connectivity index (χ0) is 19.6. The number of carboxylic acids is 1. The molecule has 0 aromatic heterocycles. The van der Waals surface area contributed by atoms with Gasteiger partial charge in [0.2, 0.25) is 0 Å². The van der Waals surface area contributed by atoms with E-state index in [1.54, 1.807) is 0 Å². The number of nitrogens with two attached hydrogens (primary N) is 2. The first-order chi connectivity index (χ1) is 12.1. The largest absolute Gasteiger partial charge is 0.478 e. The Morgan fingerprint density at radius 2 is 1.73 bits per heavy atom. The van der Waals surface area contributed by atoms with Gasteiger partial charge in [0.15, 0.2) is 11.5 Å². The van der Waals surface area contributed by atoms with Gasteiger partial charge in [0.05, 0.1) is 5.69 Å². The Labute approximate surface area is 151 Å². The van der Waals surface area contributed by atoms with Gasteiger partial charge in [-0.1, -0.05) is 6.92 Å². The molecule has 138 valence electrons. The van der Waals surface area contributed by atoms with Gasteiger partial charge in [-0.3, -0.25) is 4.79 Å². The lowest BCUT2D eigenvalue weighted by molar-refractivity contribution is 0.0488. The number of ketones is 1. The van der Waals surface area contributed by atoms with Crippen molar-refractivity contribution >= 4 is 23.1 Å². The number of aromatic carboxylic acids is 1. The fraction of sp³-hybridized carbons (Fsp3) is 0.263. The van der Waals surface area contributed by atoms with Crippen molar-refractivity contribution in [1.82, 2.24) is 0 Å². The van der Waals surface area contributed by atoms with Gasteiger partial charge < -0.3 is 26.4 Å². The molecule has 0 fully saturated rings. The summed E-state index contributed by atoms with van der Waals surface area (Å²) in [7, 11) is 0. The van der Waals surface area contributed by atoms with Crippen LogP contribution in [0.4, 0.5) is 11.4 Å². The van der Waals surface area contributed by atoms with Crippen molar-refractivity contribution in [2.45, 2.75) is 32.8 Å². The van der Waals surface area contributed by atoms with Gasteiger partial charge >= 0.3 is 5.97 Å². The summed E-state index contributed by atoms with van der Waals surface area (Å²) in [6.07, 6.45) is 0.521. The number of hydrogen-bond acceptors (Lipinski definition) is 6. The molecule has 2 aromatic carbocycles. The third-order valence-electron chi connectivity index (χ3n) is 3.94. The summed E-state index contributed by atoms with van der Waals surface area (Å²) in [5.74, 6) is -1.34. The first-order valence-electron chi connectivity index (χ1n) is 8.05. The highest BCUT2D eigenvalue weighted by atomic mass is 16.5. The van der Waals surface area contributed by atoms with Gasteiger partial charge in [-0.05, 0) is 50.6 Å². The molecule has 0 aliphatic rings. The lowest BCUT2D eigenvalue weighted by atomic mass is 9.97. The fourth-order valence-electron chi connectivity index (χ4n) is 2.55. The summed E-state index contributed by atoms with van der Waals surface area (Å²) in [4.78, 5) is 23.6. The number of benzene rings is 2. The van der Waals surface area contributed by atoms with E-state index < -0.39 is 17.4 Å². The maximum atomic E-state index is 12.1. The SMILES string of the molecule is CCc1c(N)cc(C(=O)O)c(Oc2ccc(C(=O)C(C)(C)O)cc2)c1N. The average Bonchev–Trinajstić information content (AvgIpc) is 2.56. The molecule has 0 radical (unpaired) electrons. The number of carboxylic acid groups (broad SMARTS) is 1. The Balaban J connectivity index is 2.42. The van der Waals surface area contributed by atoms with Crippen LogP contribution in [0.25, 0.3) is 0 Å². The Bertz CT molecular complexity index is 852. The number of carbonyl (C=O) groups excluding carboxylic acids is 1. The van der Waals surface area contributed by atoms with Crippen molar-refractivity contribution in [3.05, 3.63) is 47.0 Å². The molecule has 7 nitrogen and oxygen atoms in total. The molecule has 6 N–H and O–H groups in total. The van der Waals surface area contributed by atoms with Crippen LogP contribution in [0.15, 0.2) is 30.3 Å². The summed E-state index contributed by atoms with van der Waals surface area (Å²) in [5, 5.41) is 19.2. The molecule has 0 aliphatic heterocycles. The van der Waals surface area contributed by atoms with Gasteiger partial charge in [-0.25, -0.2) is 4.79 Å². The molecule has 0 heterocycles. The molecular formula is C19H22N2O5. The number of Topliss-reactive ketones (excluding diaryl/α,β-unsaturated/α-hetero) is 1. The third kappa shape index (κ3) is 3.78. The van der Waals surface area contributed by atoms with Gasteiger partial charge in [0, 0.05) is 16.8 Å². The van der Waals surface area contributed by atoms with E-state index in [9.17, 15) is 19.8 Å². The zero-order valence-corrected chi connectivity index (χ0v) is 14.9. The summed E-state index contributed by atoms with van der Waals surface area (Å²) in [5.41, 5.74) is 11.7. The van der Waals surface area contributed by atoms with E-state index in [0.717, 1.165) is 0 Å². The van der Waals surface area contributed by atoms with E-state index in [1.165, 1.54) is 44.2 Å². The number of nitrogen functional groups attached to an aromatic ring is 2. The van der Waals surface area contributed by atoms with Crippen LogP contribution in [0.3, 0.4) is 0 Å². The first-order valence-corrected chi connectivity index (χ1v) is 8.05. The Hall–Kier alpha value is -3.06. The van der Waals surface area contributed by atoms with Gasteiger partial charge in [0.1, 0.15) is 16.9 Å². The van der Waals surface area contributed by atoms with Gasteiger partial charge in [0.25, 0.3) is 0 Å². The molecule has 26 heavy (non-hydrogen) atoms. The van der Waals surface area contributed by atoms with Crippen LogP contribution in [-0.2, 0) is 6.42 Å². The number of hydrogen-bond donors (Lipinski definition) is 4. The number of anilines is 2. The van der Waals surface area contributed by atoms with Crippen LogP contribution in [0.5, 0.6) is 11.5 Å². The van der Waals surface area contributed by atoms with Crippen LogP contribution >= 0.6 is 0 Å². The van der Waals surface area contributed by atoms with Crippen molar-refractivity contribution in [2.24, 2.45) is 0 Å². The van der Waals surface area contributed by atoms with E-state index in [-0.39, 0.29) is 17.0 Å². The smallest absolute Gasteiger partial charge is 0.339 e. The van der Waals surface area contributed by atoms with Crippen molar-refractivity contribution < 1.29 is 24.5 Å². The molecule has 2 rings (SSSR count). The molecule has 7 heteroatoms. The van der Waals surface area contributed by atoms with Crippen molar-refractivity contribution in [1.29, 1.82) is 0 Å². The van der Waals surface area contributed by atoms with E-state index in [4.69, 9.17) is 16.2 Å². The Morgan fingerprint density at radius 1 is 1.15 bits per heavy atom. The normalized spacial score (nSPS) is 11.2. The minimum absolute atomic E-state index is 0.00474. The molecule has 0 bridgehead atoms. The van der Waals surface area contributed by atoms with Crippen LogP contribution < -0.4 is 16.2 Å². The Morgan fingerprint density at radius 3 is 2.19 bits per heavy atom. The molecular weight excluding hydrogens is 336 g/mol. The highest BCUT2D eigenvalue weighted by Gasteiger charge is 2.25. The van der Waals surface area contributed by atoms with Crippen molar-refractivity contribution in [3.63, 3.8) is 0 Å². The molecule has 2 aromatic rings. The maximum absolute atomic E-state index is 12.1. The maximum Gasteiger partial charge on any atom is 0.339 e. The standard InChI is InChI=1S/C19H22N2O5/c1-4-12-14(20)9-13(18(23)24)16(15(12)21)26-11-7-5-10(6-8-11)17(22)19(2,3)25/h5-9,25H,4,20-21H2,1-3H3,(H,23,24). The third-order valence-corrected chi connectivity index (χ3v) is 3.94. The number of ether oxygens (including phenoxy) is 1. The average molecular weight is 358 g/mol. The molecule has 0 aliphatic carbocycles. The summed E-state index contributed by atoms with van der Waals surface area (Å²) >= 11 is 0. The minimum atomic E-state index is -1.49. The van der Waals surface area contributed by atoms with Crippen LogP contribution in [-0.4, -0.2) is 27.6 Å². The number of aliphatic hydroxyl groups is 1. The van der Waals surface area contributed by atoms with Gasteiger partial charge in [-0.15, -0.1) is 0 Å². The molecule has 0 saturated heterocycles. The van der Waals surface area contributed by atoms with Crippen molar-refractivity contribution in [3.8, 4) is 11.5 Å². The monoisotopic (exact) mass is 358 g/mol. The van der Waals surface area contributed by atoms with Crippen LogP contribution in [0.1, 0.15) is 47.1 Å². The quantitative estimate of drug-likeness (QED) is 0.460. The molecule has 0 saturated carbocycles. The zero-order valence-electron chi connectivity index (χ0n) is 14.9. The second kappa shape index (κ2) is 7.05. The van der Waals surface area contributed by atoms with E-state index in [2.05, 4.69) is 0 Å². The highest BCUT2D eigenvalue weighted by Crippen LogP contribution is 2.37. The Kier molecular flexibility index (Phi) is 5.22. The van der Waals surface area contributed by atoms with E-state index in [0.29, 0.717) is 29.0 Å². The lowest BCUT2D eigenvalue weighted by Gasteiger charge is -2.17. The van der Waals surface area contributed by atoms with Gasteiger partial charge in [-0.2, -0.15) is 0 Å². The first kappa shape index (κ1) is 19.3. The second-order valence-corrected chi connectivity index (χ2v) is 6.41. The topological polar surface area (TPSA) is 136 Å². The highest BCUT2D eigenvalue weighted by molar-refractivity contribution is 6.01. The van der Waals surface area contributed by atoms with E-state index >= 15 is 0 Å². The van der Waals surface area contributed by atoms with Crippen molar-refractivity contribution in [2.75, 3.05) is 11.5 Å². The molecule has 0 amide bonds. The fourth-order valence-corrected chi connectivity index (χ4v) is 2.55. The van der Waals surface area contributed by atoms with Crippen LogP contribution in [0.2, 0.25) is 0 Å². The summed E-state index contributed by atoms with van der Waals surface area (Å²) in [6, 6.07) is 7.31. The molecule has 0 spiro atoms. The predicted octanol–water partition coefficient (Wildman–Crippen LogP) is 2.86. The summed E-state index contributed by atoms with van der Waals surface area (Å²) in [6.45, 7) is 4.66. The molecule has 0 unspecified atom stereocenters. The number of rotatable bonds is 6. The second-order valence-electron chi connectivity index (χ2n) is 6.41. The van der Waals surface area contributed by atoms with Crippen LogP contribution in [0, 0.1) is 0 Å². The summed E-state index contributed by atoms with van der Waals surface area (Å²) < 4.78 is 5.68. The number of carbonyl (C=O) groups is 2. The molecule has 0 atom stereocenters. The minimum Gasteiger partial charge on any atom is -0.478 e.